The Hall–Kier alpha value is -1.45. The molecule has 14 heavy (non-hydrogen) atoms. The van der Waals surface area contributed by atoms with Crippen molar-refractivity contribution in [1.82, 2.24) is 0 Å². The maximum Gasteiger partial charge on any atom is 0.188 e. The minimum atomic E-state index is -0.988. The van der Waals surface area contributed by atoms with Gasteiger partial charge in [-0.25, -0.2) is 0 Å². The van der Waals surface area contributed by atoms with Gasteiger partial charge in [-0.15, -0.1) is 0 Å². The van der Waals surface area contributed by atoms with Crippen LogP contribution in [-0.4, -0.2) is 17.2 Å². The van der Waals surface area contributed by atoms with Gasteiger partial charge < -0.3 is 9.84 Å². The summed E-state index contributed by atoms with van der Waals surface area (Å²) in [5, 5.41) is 9.20. The van der Waals surface area contributed by atoms with Crippen molar-refractivity contribution in [2.24, 2.45) is 0 Å². The van der Waals surface area contributed by atoms with E-state index in [1.165, 1.54) is 12.2 Å². The van der Waals surface area contributed by atoms with Gasteiger partial charge in [0.05, 0.1) is 0 Å². The van der Waals surface area contributed by atoms with E-state index in [4.69, 9.17) is 4.74 Å². The zero-order valence-electron chi connectivity index (χ0n) is 7.46. The smallest absolute Gasteiger partial charge is 0.188 e. The van der Waals surface area contributed by atoms with E-state index in [2.05, 4.69) is 0 Å². The van der Waals surface area contributed by atoms with E-state index in [0.29, 0.717) is 0 Å². The summed E-state index contributed by atoms with van der Waals surface area (Å²) in [7, 11) is 0. The van der Waals surface area contributed by atoms with E-state index in [1.807, 2.05) is 18.2 Å². The fraction of sp³-hybridized carbons (Fsp3) is 0.182. The molecule has 0 aromatic heterocycles. The van der Waals surface area contributed by atoms with E-state index in [9.17, 15) is 9.90 Å². The van der Waals surface area contributed by atoms with Crippen molar-refractivity contribution in [3.63, 3.8) is 0 Å². The van der Waals surface area contributed by atoms with Gasteiger partial charge in [0.25, 0.3) is 0 Å². The molecule has 0 aliphatic carbocycles. The SMILES string of the molecule is O=C1C=CC(O)OC1c1ccccc1. The molecule has 0 spiro atoms. The molecule has 1 aliphatic heterocycles. The summed E-state index contributed by atoms with van der Waals surface area (Å²) in [6.45, 7) is 0. The lowest BCUT2D eigenvalue weighted by Gasteiger charge is -2.21. The molecule has 0 saturated carbocycles. The Labute approximate surface area is 81.6 Å². The van der Waals surface area contributed by atoms with E-state index < -0.39 is 12.4 Å². The molecule has 1 heterocycles. The first-order valence-electron chi connectivity index (χ1n) is 4.38. The minimum absolute atomic E-state index is 0.137. The van der Waals surface area contributed by atoms with Crippen LogP contribution in [0.3, 0.4) is 0 Å². The number of benzene rings is 1. The van der Waals surface area contributed by atoms with Crippen molar-refractivity contribution < 1.29 is 14.6 Å². The highest BCUT2D eigenvalue weighted by Crippen LogP contribution is 2.23. The molecule has 0 radical (unpaired) electrons. The molecule has 3 nitrogen and oxygen atoms in total. The summed E-state index contributed by atoms with van der Waals surface area (Å²) < 4.78 is 5.10. The molecule has 72 valence electrons. The van der Waals surface area contributed by atoms with Gasteiger partial charge in [0.1, 0.15) is 6.10 Å². The zero-order chi connectivity index (χ0) is 9.97. The Morgan fingerprint density at radius 3 is 2.64 bits per heavy atom. The molecular formula is C11H10O3. The monoisotopic (exact) mass is 190 g/mol. The fourth-order valence-electron chi connectivity index (χ4n) is 1.39. The van der Waals surface area contributed by atoms with Crippen LogP contribution in [0.4, 0.5) is 0 Å². The number of rotatable bonds is 1. The van der Waals surface area contributed by atoms with E-state index in [-0.39, 0.29) is 5.78 Å². The lowest BCUT2D eigenvalue weighted by Crippen LogP contribution is -2.24. The van der Waals surface area contributed by atoms with Crippen molar-refractivity contribution in [3.05, 3.63) is 48.0 Å². The van der Waals surface area contributed by atoms with Crippen molar-refractivity contribution >= 4 is 5.78 Å². The summed E-state index contributed by atoms with van der Waals surface area (Å²) in [6, 6.07) is 9.12. The summed E-state index contributed by atoms with van der Waals surface area (Å²) in [4.78, 5) is 11.4. The quantitative estimate of drug-likeness (QED) is 0.723. The van der Waals surface area contributed by atoms with E-state index in [0.717, 1.165) is 5.56 Å². The zero-order valence-corrected chi connectivity index (χ0v) is 7.46. The van der Waals surface area contributed by atoms with Gasteiger partial charge in [-0.2, -0.15) is 0 Å². The van der Waals surface area contributed by atoms with E-state index in [1.54, 1.807) is 12.1 Å². The van der Waals surface area contributed by atoms with Gasteiger partial charge in [-0.05, 0) is 17.7 Å². The first-order valence-corrected chi connectivity index (χ1v) is 4.38. The van der Waals surface area contributed by atoms with Crippen LogP contribution in [-0.2, 0) is 9.53 Å². The van der Waals surface area contributed by atoms with Crippen LogP contribution in [0.2, 0.25) is 0 Å². The third-order valence-electron chi connectivity index (χ3n) is 2.06. The number of ketones is 1. The Bertz CT molecular complexity index is 356. The van der Waals surface area contributed by atoms with Crippen LogP contribution >= 0.6 is 0 Å². The number of carbonyl (C=O) groups is 1. The second-order valence-electron chi connectivity index (χ2n) is 3.08. The molecule has 2 unspecified atom stereocenters. The highest BCUT2D eigenvalue weighted by atomic mass is 16.6. The normalized spacial score (nSPS) is 26.5. The van der Waals surface area contributed by atoms with Crippen LogP contribution in [0.5, 0.6) is 0 Å². The standard InChI is InChI=1S/C11H10O3/c12-9-6-7-10(13)14-11(9)8-4-2-1-3-5-8/h1-7,10-11,13H. The van der Waals surface area contributed by atoms with Crippen molar-refractivity contribution in [2.45, 2.75) is 12.4 Å². The molecule has 3 heteroatoms. The number of ether oxygens (including phenoxy) is 1. The highest BCUT2D eigenvalue weighted by Gasteiger charge is 2.25. The van der Waals surface area contributed by atoms with Crippen LogP contribution in [0.15, 0.2) is 42.5 Å². The van der Waals surface area contributed by atoms with Crippen LogP contribution in [0.1, 0.15) is 11.7 Å². The van der Waals surface area contributed by atoms with Gasteiger partial charge in [-0.1, -0.05) is 30.3 Å². The Balaban J connectivity index is 2.27. The first-order chi connectivity index (χ1) is 6.77. The van der Waals surface area contributed by atoms with Gasteiger partial charge in [-0.3, -0.25) is 4.79 Å². The average Bonchev–Trinajstić information content (AvgIpc) is 2.23. The second kappa shape index (κ2) is 3.74. The predicted octanol–water partition coefficient (Wildman–Crippen LogP) is 1.20. The Morgan fingerprint density at radius 1 is 1.21 bits per heavy atom. The number of aliphatic hydroxyl groups excluding tert-OH is 1. The van der Waals surface area contributed by atoms with Crippen molar-refractivity contribution in [1.29, 1.82) is 0 Å². The summed E-state index contributed by atoms with van der Waals surface area (Å²) in [5.41, 5.74) is 0.765. The van der Waals surface area contributed by atoms with Gasteiger partial charge in [0, 0.05) is 0 Å². The third kappa shape index (κ3) is 1.73. The number of aliphatic hydroxyl groups is 1. The number of carbonyl (C=O) groups excluding carboxylic acids is 1. The van der Waals surface area contributed by atoms with E-state index >= 15 is 0 Å². The summed E-state index contributed by atoms with van der Waals surface area (Å²) in [5.74, 6) is -0.137. The Kier molecular flexibility index (Phi) is 2.43. The first kappa shape index (κ1) is 9.12. The van der Waals surface area contributed by atoms with Crippen molar-refractivity contribution in [2.75, 3.05) is 0 Å². The molecule has 0 fully saturated rings. The van der Waals surface area contributed by atoms with Crippen LogP contribution in [0, 0.1) is 0 Å². The van der Waals surface area contributed by atoms with Crippen molar-refractivity contribution in [3.8, 4) is 0 Å². The molecule has 1 N–H and O–H groups in total. The molecule has 0 saturated heterocycles. The van der Waals surface area contributed by atoms with Gasteiger partial charge in [0.15, 0.2) is 12.1 Å². The Morgan fingerprint density at radius 2 is 1.93 bits per heavy atom. The topological polar surface area (TPSA) is 46.5 Å². The molecule has 2 atom stereocenters. The molecule has 1 aliphatic rings. The maximum atomic E-state index is 11.4. The van der Waals surface area contributed by atoms with Crippen LogP contribution < -0.4 is 0 Å². The molecule has 0 bridgehead atoms. The molecule has 0 amide bonds. The maximum absolute atomic E-state index is 11.4. The lowest BCUT2D eigenvalue weighted by atomic mass is 10.0. The van der Waals surface area contributed by atoms with Gasteiger partial charge in [0.2, 0.25) is 0 Å². The largest absolute Gasteiger partial charge is 0.365 e. The summed E-state index contributed by atoms with van der Waals surface area (Å²) >= 11 is 0. The van der Waals surface area contributed by atoms with Crippen LogP contribution in [0.25, 0.3) is 0 Å². The predicted molar refractivity (Wildman–Crippen MR) is 50.4 cm³/mol. The molecule has 1 aromatic rings. The lowest BCUT2D eigenvalue weighted by molar-refractivity contribution is -0.149. The van der Waals surface area contributed by atoms with Gasteiger partial charge >= 0.3 is 0 Å². The molecule has 1 aromatic carbocycles. The second-order valence-corrected chi connectivity index (χ2v) is 3.08. The summed E-state index contributed by atoms with van der Waals surface area (Å²) in [6.07, 6.45) is 1.03. The number of hydrogen-bond acceptors (Lipinski definition) is 3. The fourth-order valence-corrected chi connectivity index (χ4v) is 1.39. The molecular weight excluding hydrogens is 180 g/mol. The third-order valence-corrected chi connectivity index (χ3v) is 2.06. The average molecular weight is 190 g/mol. The molecule has 2 rings (SSSR count). The number of hydrogen-bond donors (Lipinski definition) is 1. The minimum Gasteiger partial charge on any atom is -0.365 e. The highest BCUT2D eigenvalue weighted by molar-refractivity contribution is 5.94.